The van der Waals surface area contributed by atoms with Crippen molar-refractivity contribution >= 4 is 11.7 Å². The molecule has 1 aliphatic rings. The molecule has 1 fully saturated rings. The number of benzene rings is 1. The third-order valence-electron chi connectivity index (χ3n) is 2.86. The minimum Gasteiger partial charge on any atom is -0.326 e. The van der Waals surface area contributed by atoms with Crippen molar-refractivity contribution in [2.75, 3.05) is 25.0 Å². The van der Waals surface area contributed by atoms with Crippen LogP contribution < -0.4 is 4.90 Å². The van der Waals surface area contributed by atoms with Crippen molar-refractivity contribution in [2.24, 2.45) is 0 Å². The number of anilines is 1. The molecule has 3 nitrogen and oxygen atoms in total. The fourth-order valence-electron chi connectivity index (χ4n) is 1.98. The molecule has 0 unspecified atom stereocenters. The summed E-state index contributed by atoms with van der Waals surface area (Å²) in [5.74, 6) is 0. The Labute approximate surface area is 90.3 Å². The lowest BCUT2D eigenvalue weighted by molar-refractivity contribution is 0.229. The van der Waals surface area contributed by atoms with E-state index in [1.165, 1.54) is 11.1 Å². The van der Waals surface area contributed by atoms with Gasteiger partial charge in [-0.15, -0.1) is 0 Å². The van der Waals surface area contributed by atoms with Crippen molar-refractivity contribution in [2.45, 2.75) is 13.8 Å². The van der Waals surface area contributed by atoms with E-state index in [1.54, 1.807) is 4.90 Å². The number of likely N-dealkylation sites (N-methyl/N-ethyl adjacent to an activating group) is 1. The molecule has 0 saturated carbocycles. The molecule has 2 amide bonds. The average Bonchev–Trinajstić information content (AvgIpc) is 2.49. The van der Waals surface area contributed by atoms with Gasteiger partial charge in [-0.2, -0.15) is 0 Å². The topological polar surface area (TPSA) is 23.6 Å². The molecule has 0 bridgehead atoms. The van der Waals surface area contributed by atoms with E-state index in [2.05, 4.69) is 13.0 Å². The summed E-state index contributed by atoms with van der Waals surface area (Å²) < 4.78 is 0. The van der Waals surface area contributed by atoms with Crippen LogP contribution in [0.1, 0.15) is 11.1 Å². The molecule has 3 heteroatoms. The van der Waals surface area contributed by atoms with Gasteiger partial charge in [-0.1, -0.05) is 17.7 Å². The van der Waals surface area contributed by atoms with E-state index in [9.17, 15) is 4.79 Å². The molecule has 15 heavy (non-hydrogen) atoms. The molecule has 1 aromatic carbocycles. The van der Waals surface area contributed by atoms with E-state index in [1.807, 2.05) is 31.0 Å². The fourth-order valence-corrected chi connectivity index (χ4v) is 1.98. The van der Waals surface area contributed by atoms with Crippen molar-refractivity contribution in [1.29, 1.82) is 0 Å². The predicted octanol–water partition coefficient (Wildman–Crippen LogP) is 2.18. The fraction of sp³-hybridized carbons (Fsp3) is 0.417. The number of hydrogen-bond acceptors (Lipinski definition) is 1. The third kappa shape index (κ3) is 1.69. The van der Waals surface area contributed by atoms with E-state index >= 15 is 0 Å². The molecule has 1 aromatic rings. The summed E-state index contributed by atoms with van der Waals surface area (Å²) in [7, 11) is 1.84. The van der Waals surface area contributed by atoms with Gasteiger partial charge in [0.05, 0.1) is 0 Å². The van der Waals surface area contributed by atoms with Crippen molar-refractivity contribution in [3.05, 3.63) is 29.3 Å². The Hall–Kier alpha value is -1.51. The van der Waals surface area contributed by atoms with Gasteiger partial charge in [0.25, 0.3) is 0 Å². The molecule has 80 valence electrons. The van der Waals surface area contributed by atoms with Crippen molar-refractivity contribution in [3.63, 3.8) is 0 Å². The van der Waals surface area contributed by atoms with Crippen molar-refractivity contribution < 1.29 is 4.79 Å². The molecule has 0 aliphatic carbocycles. The van der Waals surface area contributed by atoms with Crippen LogP contribution in [0.4, 0.5) is 10.5 Å². The Morgan fingerprint density at radius 2 is 1.93 bits per heavy atom. The van der Waals surface area contributed by atoms with Crippen LogP contribution >= 0.6 is 0 Å². The number of hydrogen-bond donors (Lipinski definition) is 0. The number of rotatable bonds is 1. The Bertz CT molecular complexity index is 401. The molecule has 0 atom stereocenters. The lowest BCUT2D eigenvalue weighted by Gasteiger charge is -2.18. The molecule has 0 spiro atoms. The number of nitrogens with zero attached hydrogens (tertiary/aromatic N) is 2. The second-order valence-corrected chi connectivity index (χ2v) is 4.15. The molecule has 1 saturated heterocycles. The standard InChI is InChI=1S/C12H16N2O/c1-9-4-5-11(10(2)8-9)14-7-6-13(3)12(14)15/h4-5,8H,6-7H2,1-3H3. The monoisotopic (exact) mass is 204 g/mol. The smallest absolute Gasteiger partial charge is 0.324 e. The van der Waals surface area contributed by atoms with Crippen molar-refractivity contribution in [1.82, 2.24) is 4.90 Å². The van der Waals surface area contributed by atoms with Gasteiger partial charge in [0, 0.05) is 25.8 Å². The van der Waals surface area contributed by atoms with E-state index in [0.29, 0.717) is 0 Å². The van der Waals surface area contributed by atoms with E-state index < -0.39 is 0 Å². The lowest BCUT2D eigenvalue weighted by atomic mass is 10.1. The first-order chi connectivity index (χ1) is 7.09. The van der Waals surface area contributed by atoms with Crippen LogP contribution in [0.2, 0.25) is 0 Å². The number of carbonyl (C=O) groups excluding carboxylic acids is 1. The van der Waals surface area contributed by atoms with Crippen LogP contribution in [-0.2, 0) is 0 Å². The zero-order valence-electron chi connectivity index (χ0n) is 9.45. The Kier molecular flexibility index (Phi) is 2.39. The van der Waals surface area contributed by atoms with Gasteiger partial charge in [0.15, 0.2) is 0 Å². The molecule has 0 aromatic heterocycles. The molecule has 1 heterocycles. The highest BCUT2D eigenvalue weighted by Gasteiger charge is 2.27. The molecule has 0 N–H and O–H groups in total. The Morgan fingerprint density at radius 3 is 2.47 bits per heavy atom. The average molecular weight is 204 g/mol. The minimum absolute atomic E-state index is 0.0990. The second kappa shape index (κ2) is 3.57. The van der Waals surface area contributed by atoms with Crippen LogP contribution in [0.5, 0.6) is 0 Å². The number of amides is 2. The summed E-state index contributed by atoms with van der Waals surface area (Å²) in [5.41, 5.74) is 3.44. The summed E-state index contributed by atoms with van der Waals surface area (Å²) >= 11 is 0. The summed E-state index contributed by atoms with van der Waals surface area (Å²) in [6, 6.07) is 6.29. The van der Waals surface area contributed by atoms with Gasteiger partial charge in [-0.25, -0.2) is 4.79 Å². The maximum Gasteiger partial charge on any atom is 0.324 e. The SMILES string of the molecule is Cc1ccc(N2CCN(C)C2=O)c(C)c1. The quantitative estimate of drug-likeness (QED) is 0.687. The predicted molar refractivity (Wildman–Crippen MR) is 61.3 cm³/mol. The Balaban J connectivity index is 2.34. The lowest BCUT2D eigenvalue weighted by Crippen LogP contribution is -2.29. The largest absolute Gasteiger partial charge is 0.326 e. The second-order valence-electron chi connectivity index (χ2n) is 4.15. The van der Waals surface area contributed by atoms with Crippen LogP contribution in [0.15, 0.2) is 18.2 Å². The number of aryl methyl sites for hydroxylation is 2. The summed E-state index contributed by atoms with van der Waals surface area (Å²) in [6.45, 7) is 5.72. The van der Waals surface area contributed by atoms with E-state index in [0.717, 1.165) is 18.8 Å². The Morgan fingerprint density at radius 1 is 1.20 bits per heavy atom. The maximum absolute atomic E-state index is 11.8. The first kappa shape index (κ1) is 10.0. The highest BCUT2D eigenvalue weighted by atomic mass is 16.2. The maximum atomic E-state index is 11.8. The molecule has 0 radical (unpaired) electrons. The normalized spacial score (nSPS) is 16.3. The van der Waals surface area contributed by atoms with Crippen molar-refractivity contribution in [3.8, 4) is 0 Å². The van der Waals surface area contributed by atoms with E-state index in [4.69, 9.17) is 0 Å². The van der Waals surface area contributed by atoms with Gasteiger partial charge >= 0.3 is 6.03 Å². The summed E-state index contributed by atoms with van der Waals surface area (Å²) in [4.78, 5) is 15.4. The highest BCUT2D eigenvalue weighted by Crippen LogP contribution is 2.24. The van der Waals surface area contributed by atoms with Gasteiger partial charge in [0.2, 0.25) is 0 Å². The van der Waals surface area contributed by atoms with Crippen LogP contribution in [0.3, 0.4) is 0 Å². The first-order valence-corrected chi connectivity index (χ1v) is 5.19. The summed E-state index contributed by atoms with van der Waals surface area (Å²) in [6.07, 6.45) is 0. The molecule has 2 rings (SSSR count). The zero-order valence-corrected chi connectivity index (χ0v) is 9.45. The minimum atomic E-state index is 0.0990. The third-order valence-corrected chi connectivity index (χ3v) is 2.86. The zero-order chi connectivity index (χ0) is 11.0. The number of urea groups is 1. The first-order valence-electron chi connectivity index (χ1n) is 5.19. The highest BCUT2D eigenvalue weighted by molar-refractivity contribution is 5.94. The van der Waals surface area contributed by atoms with Crippen LogP contribution in [0.25, 0.3) is 0 Å². The van der Waals surface area contributed by atoms with Crippen LogP contribution in [-0.4, -0.2) is 31.1 Å². The molecular formula is C12H16N2O. The van der Waals surface area contributed by atoms with Gasteiger partial charge in [-0.3, -0.25) is 4.90 Å². The van der Waals surface area contributed by atoms with Gasteiger partial charge < -0.3 is 4.90 Å². The molecular weight excluding hydrogens is 188 g/mol. The van der Waals surface area contributed by atoms with Gasteiger partial charge in [0.1, 0.15) is 0 Å². The van der Waals surface area contributed by atoms with Crippen LogP contribution in [0, 0.1) is 13.8 Å². The van der Waals surface area contributed by atoms with E-state index in [-0.39, 0.29) is 6.03 Å². The number of carbonyl (C=O) groups is 1. The molecule has 1 aliphatic heterocycles. The summed E-state index contributed by atoms with van der Waals surface area (Å²) in [5, 5.41) is 0. The van der Waals surface area contributed by atoms with Gasteiger partial charge in [-0.05, 0) is 25.5 Å².